The second kappa shape index (κ2) is 5.43. The molecule has 0 radical (unpaired) electrons. The summed E-state index contributed by atoms with van der Waals surface area (Å²) >= 11 is 0. The predicted molar refractivity (Wildman–Crippen MR) is 41.2 cm³/mol. The zero-order valence-electron chi connectivity index (χ0n) is 6.98. The summed E-state index contributed by atoms with van der Waals surface area (Å²) in [6, 6.07) is -0.850. The van der Waals surface area contributed by atoms with Gasteiger partial charge in [-0.05, 0) is 18.8 Å². The lowest BCUT2D eigenvalue weighted by Gasteiger charge is -2.15. The third kappa shape index (κ3) is 5.09. The molecule has 11 heavy (non-hydrogen) atoms. The van der Waals surface area contributed by atoms with Gasteiger partial charge in [0.15, 0.2) is 0 Å². The van der Waals surface area contributed by atoms with Crippen molar-refractivity contribution in [3.05, 3.63) is 0 Å². The van der Waals surface area contributed by atoms with E-state index in [1.807, 2.05) is 13.8 Å². The van der Waals surface area contributed by atoms with Crippen molar-refractivity contribution in [1.82, 2.24) is 5.43 Å². The van der Waals surface area contributed by atoms with Gasteiger partial charge in [0, 0.05) is 0 Å². The molecule has 0 aliphatic rings. The van der Waals surface area contributed by atoms with Gasteiger partial charge in [-0.2, -0.15) is 0 Å². The minimum absolute atomic E-state index is 0.436. The van der Waals surface area contributed by atoms with Crippen molar-refractivity contribution in [2.45, 2.75) is 39.2 Å². The normalized spacial score (nSPS) is 14.5. The van der Waals surface area contributed by atoms with Crippen LogP contribution >= 0.6 is 0 Å². The van der Waals surface area contributed by atoms with E-state index in [1.54, 1.807) is 0 Å². The number of nitrogens with two attached hydrogens (primary N) is 1. The van der Waals surface area contributed by atoms with Crippen LogP contribution in [0.25, 0.3) is 0 Å². The van der Waals surface area contributed by atoms with E-state index in [1.165, 1.54) is 0 Å². The number of rotatable bonds is 5. The standard InChI is InChI=1S/C7H16F2N2/c1-5(2)3-4-6(11-10)7(8)9/h5-7,11H,3-4,10H2,1-2H3. The second-order valence-corrected chi connectivity index (χ2v) is 3.08. The Labute approximate surface area is 66.1 Å². The number of hydrazine groups is 1. The molecule has 0 bridgehead atoms. The van der Waals surface area contributed by atoms with Gasteiger partial charge >= 0.3 is 0 Å². The molecule has 2 nitrogen and oxygen atoms in total. The van der Waals surface area contributed by atoms with E-state index < -0.39 is 12.5 Å². The Morgan fingerprint density at radius 3 is 2.09 bits per heavy atom. The van der Waals surface area contributed by atoms with Crippen molar-refractivity contribution < 1.29 is 8.78 Å². The Bertz CT molecular complexity index is 96.4. The van der Waals surface area contributed by atoms with Crippen molar-refractivity contribution in [1.29, 1.82) is 0 Å². The van der Waals surface area contributed by atoms with Gasteiger partial charge in [0.2, 0.25) is 0 Å². The molecule has 0 saturated heterocycles. The first kappa shape index (κ1) is 10.8. The van der Waals surface area contributed by atoms with Gasteiger partial charge in [-0.25, -0.2) is 8.78 Å². The number of hydrogen-bond acceptors (Lipinski definition) is 2. The predicted octanol–water partition coefficient (Wildman–Crippen LogP) is 1.52. The van der Waals surface area contributed by atoms with Crippen LogP contribution in [0, 0.1) is 5.92 Å². The zero-order valence-corrected chi connectivity index (χ0v) is 6.98. The highest BCUT2D eigenvalue weighted by atomic mass is 19.3. The Morgan fingerprint density at radius 1 is 1.27 bits per heavy atom. The summed E-state index contributed by atoms with van der Waals surface area (Å²) in [7, 11) is 0. The van der Waals surface area contributed by atoms with Crippen molar-refractivity contribution in [3.8, 4) is 0 Å². The Hall–Kier alpha value is -0.220. The van der Waals surface area contributed by atoms with Crippen molar-refractivity contribution in [2.24, 2.45) is 11.8 Å². The largest absolute Gasteiger partial charge is 0.271 e. The maximum absolute atomic E-state index is 12.0. The molecule has 0 aromatic rings. The molecule has 0 aromatic heterocycles. The van der Waals surface area contributed by atoms with Gasteiger partial charge < -0.3 is 0 Å². The van der Waals surface area contributed by atoms with E-state index in [0.717, 1.165) is 6.42 Å². The summed E-state index contributed by atoms with van der Waals surface area (Å²) in [6.07, 6.45) is -1.15. The monoisotopic (exact) mass is 166 g/mol. The molecular weight excluding hydrogens is 150 g/mol. The molecule has 0 saturated carbocycles. The van der Waals surface area contributed by atoms with E-state index >= 15 is 0 Å². The Kier molecular flexibility index (Phi) is 5.32. The minimum atomic E-state index is -2.36. The molecule has 0 aliphatic carbocycles. The van der Waals surface area contributed by atoms with Crippen molar-refractivity contribution in [3.63, 3.8) is 0 Å². The van der Waals surface area contributed by atoms with E-state index in [4.69, 9.17) is 5.84 Å². The van der Waals surface area contributed by atoms with Crippen molar-refractivity contribution in [2.75, 3.05) is 0 Å². The van der Waals surface area contributed by atoms with Gasteiger partial charge in [0.25, 0.3) is 6.43 Å². The lowest BCUT2D eigenvalue weighted by molar-refractivity contribution is 0.0916. The quantitative estimate of drug-likeness (QED) is 0.480. The molecule has 0 rings (SSSR count). The first-order chi connectivity index (χ1) is 5.07. The molecule has 0 spiro atoms. The SMILES string of the molecule is CC(C)CCC(NN)C(F)F. The number of alkyl halides is 2. The first-order valence-electron chi connectivity index (χ1n) is 3.82. The summed E-state index contributed by atoms with van der Waals surface area (Å²) in [4.78, 5) is 0. The summed E-state index contributed by atoms with van der Waals surface area (Å²) in [5.41, 5.74) is 2.11. The van der Waals surface area contributed by atoms with Gasteiger partial charge in [-0.15, -0.1) is 0 Å². The fourth-order valence-electron chi connectivity index (χ4n) is 0.795. The zero-order chi connectivity index (χ0) is 8.85. The molecule has 0 amide bonds. The molecule has 0 aromatic carbocycles. The topological polar surface area (TPSA) is 38.0 Å². The van der Waals surface area contributed by atoms with Gasteiger partial charge in [0.1, 0.15) is 0 Å². The van der Waals surface area contributed by atoms with Crippen LogP contribution in [0.5, 0.6) is 0 Å². The Balaban J connectivity index is 3.52. The van der Waals surface area contributed by atoms with Crippen LogP contribution in [-0.4, -0.2) is 12.5 Å². The molecule has 4 heteroatoms. The summed E-state index contributed by atoms with van der Waals surface area (Å²) in [5, 5.41) is 0. The third-order valence-corrected chi connectivity index (χ3v) is 1.57. The summed E-state index contributed by atoms with van der Waals surface area (Å²) in [6.45, 7) is 4.00. The molecule has 0 heterocycles. The smallest absolute Gasteiger partial charge is 0.255 e. The average molecular weight is 166 g/mol. The van der Waals surface area contributed by atoms with Crippen LogP contribution < -0.4 is 11.3 Å². The van der Waals surface area contributed by atoms with E-state index in [2.05, 4.69) is 5.43 Å². The highest BCUT2D eigenvalue weighted by molar-refractivity contribution is 4.66. The fourth-order valence-corrected chi connectivity index (χ4v) is 0.795. The third-order valence-electron chi connectivity index (χ3n) is 1.57. The van der Waals surface area contributed by atoms with Crippen LogP contribution in [0.1, 0.15) is 26.7 Å². The molecular formula is C7H16F2N2. The summed E-state index contributed by atoms with van der Waals surface area (Å²) in [5.74, 6) is 5.38. The molecule has 0 aliphatic heterocycles. The molecule has 0 fully saturated rings. The lowest BCUT2D eigenvalue weighted by atomic mass is 10.0. The highest BCUT2D eigenvalue weighted by Gasteiger charge is 2.17. The van der Waals surface area contributed by atoms with Crippen molar-refractivity contribution >= 4 is 0 Å². The number of halogens is 2. The molecule has 68 valence electrons. The van der Waals surface area contributed by atoms with Crippen LogP contribution in [-0.2, 0) is 0 Å². The first-order valence-corrected chi connectivity index (χ1v) is 3.82. The summed E-state index contributed by atoms with van der Waals surface area (Å²) < 4.78 is 24.0. The van der Waals surface area contributed by atoms with Crippen LogP contribution in [0.15, 0.2) is 0 Å². The minimum Gasteiger partial charge on any atom is -0.271 e. The van der Waals surface area contributed by atoms with Crippen LogP contribution in [0.4, 0.5) is 8.78 Å². The van der Waals surface area contributed by atoms with Gasteiger partial charge in [-0.3, -0.25) is 11.3 Å². The maximum Gasteiger partial charge on any atom is 0.255 e. The van der Waals surface area contributed by atoms with E-state index in [0.29, 0.717) is 12.3 Å². The van der Waals surface area contributed by atoms with E-state index in [-0.39, 0.29) is 0 Å². The van der Waals surface area contributed by atoms with Crippen LogP contribution in [0.2, 0.25) is 0 Å². The Morgan fingerprint density at radius 2 is 1.82 bits per heavy atom. The molecule has 1 unspecified atom stereocenters. The average Bonchev–Trinajstić information content (AvgIpc) is 1.87. The number of hydrogen-bond donors (Lipinski definition) is 2. The lowest BCUT2D eigenvalue weighted by Crippen LogP contribution is -2.40. The highest BCUT2D eigenvalue weighted by Crippen LogP contribution is 2.11. The second-order valence-electron chi connectivity index (χ2n) is 3.08. The molecule has 3 N–H and O–H groups in total. The van der Waals surface area contributed by atoms with E-state index in [9.17, 15) is 8.78 Å². The molecule has 1 atom stereocenters. The maximum atomic E-state index is 12.0. The van der Waals surface area contributed by atoms with Gasteiger partial charge in [-0.1, -0.05) is 13.8 Å². The van der Waals surface area contributed by atoms with Gasteiger partial charge in [0.05, 0.1) is 6.04 Å². The number of nitrogens with one attached hydrogen (secondary N) is 1. The fraction of sp³-hybridized carbons (Fsp3) is 1.00. The van der Waals surface area contributed by atoms with Crippen LogP contribution in [0.3, 0.4) is 0 Å².